The number of carboxylic acid groups (broad SMARTS) is 1. The smallest absolute Gasteiger partial charge is 0.323 e. The van der Waals surface area contributed by atoms with Gasteiger partial charge >= 0.3 is 5.97 Å². The maximum atomic E-state index is 11.3. The van der Waals surface area contributed by atoms with Gasteiger partial charge in [-0.15, -0.1) is 0 Å². The number of carbonyl (C=O) groups is 2. The van der Waals surface area contributed by atoms with Crippen LogP contribution in [-0.4, -0.2) is 41.7 Å². The first-order valence-electron chi connectivity index (χ1n) is 6.70. The van der Waals surface area contributed by atoms with Crippen LogP contribution in [0.25, 0.3) is 0 Å². The van der Waals surface area contributed by atoms with E-state index in [4.69, 9.17) is 5.73 Å². The number of nitrogens with one attached hydrogen (secondary N) is 2. The van der Waals surface area contributed by atoms with Gasteiger partial charge in [-0.25, -0.2) is 0 Å². The molecule has 0 heterocycles. The van der Waals surface area contributed by atoms with Crippen LogP contribution in [0, 0.1) is 0 Å². The van der Waals surface area contributed by atoms with E-state index in [9.17, 15) is 14.7 Å². The van der Waals surface area contributed by atoms with Crippen LogP contribution in [0.2, 0.25) is 0 Å². The van der Waals surface area contributed by atoms with Gasteiger partial charge in [0.25, 0.3) is 0 Å². The Kier molecular flexibility index (Phi) is 7.63. The van der Waals surface area contributed by atoms with Crippen LogP contribution in [0.1, 0.15) is 46.5 Å². The van der Waals surface area contributed by atoms with E-state index in [1.54, 1.807) is 14.0 Å². The maximum absolute atomic E-state index is 11.3. The molecule has 19 heavy (non-hydrogen) atoms. The number of primary amides is 1. The van der Waals surface area contributed by atoms with Crippen molar-refractivity contribution in [1.82, 2.24) is 10.6 Å². The predicted octanol–water partition coefficient (Wildman–Crippen LogP) is 0.461. The van der Waals surface area contributed by atoms with Crippen LogP contribution in [0.5, 0.6) is 0 Å². The summed E-state index contributed by atoms with van der Waals surface area (Å²) in [5.74, 6) is -1.22. The van der Waals surface area contributed by atoms with Crippen molar-refractivity contribution in [2.24, 2.45) is 5.73 Å². The number of carbonyl (C=O) groups excluding carboxylic acids is 1. The highest BCUT2D eigenvalue weighted by Gasteiger charge is 2.32. The Bertz CT molecular complexity index is 308. The normalized spacial score (nSPS) is 16.1. The minimum Gasteiger partial charge on any atom is -0.480 e. The highest BCUT2D eigenvalue weighted by atomic mass is 16.4. The molecule has 0 spiro atoms. The number of rotatable bonds is 10. The zero-order valence-corrected chi connectivity index (χ0v) is 12.3. The monoisotopic (exact) mass is 273 g/mol. The molecule has 1 amide bonds. The third-order valence-corrected chi connectivity index (χ3v) is 3.19. The molecule has 6 nitrogen and oxygen atoms in total. The second-order valence-corrected chi connectivity index (χ2v) is 5.43. The lowest BCUT2D eigenvalue weighted by Crippen LogP contribution is -2.52. The lowest BCUT2D eigenvalue weighted by molar-refractivity contribution is -0.144. The van der Waals surface area contributed by atoms with Gasteiger partial charge in [0.05, 0.1) is 6.04 Å². The lowest BCUT2D eigenvalue weighted by Gasteiger charge is -2.28. The summed E-state index contributed by atoms with van der Waals surface area (Å²) in [6, 6.07) is -0.231. The molecule has 0 aliphatic carbocycles. The van der Waals surface area contributed by atoms with Gasteiger partial charge in [0.2, 0.25) is 5.91 Å². The van der Waals surface area contributed by atoms with E-state index in [-0.39, 0.29) is 18.0 Å². The van der Waals surface area contributed by atoms with Gasteiger partial charge in [-0.05, 0) is 40.7 Å². The highest BCUT2D eigenvalue weighted by Crippen LogP contribution is 2.17. The number of amides is 1. The summed E-state index contributed by atoms with van der Waals surface area (Å²) in [6.07, 6.45) is 2.64. The van der Waals surface area contributed by atoms with E-state index in [0.29, 0.717) is 12.8 Å². The van der Waals surface area contributed by atoms with E-state index < -0.39 is 11.5 Å². The van der Waals surface area contributed by atoms with Crippen LogP contribution in [0.4, 0.5) is 0 Å². The first-order valence-corrected chi connectivity index (χ1v) is 6.70. The topological polar surface area (TPSA) is 104 Å². The van der Waals surface area contributed by atoms with Crippen molar-refractivity contribution in [1.29, 1.82) is 0 Å². The molecule has 112 valence electrons. The molecule has 0 rings (SSSR count). The van der Waals surface area contributed by atoms with Gasteiger partial charge in [0.1, 0.15) is 5.54 Å². The number of nitrogens with two attached hydrogens (primary N) is 1. The van der Waals surface area contributed by atoms with Gasteiger partial charge in [-0.3, -0.25) is 14.9 Å². The van der Waals surface area contributed by atoms with E-state index in [1.165, 1.54) is 0 Å². The Labute approximate surface area is 115 Å². The largest absolute Gasteiger partial charge is 0.480 e. The summed E-state index contributed by atoms with van der Waals surface area (Å²) in [7, 11) is 1.69. The molecule has 5 N–H and O–H groups in total. The van der Waals surface area contributed by atoms with Gasteiger partial charge in [-0.1, -0.05) is 12.8 Å². The van der Waals surface area contributed by atoms with Gasteiger partial charge in [0.15, 0.2) is 0 Å². The average Bonchev–Trinajstić information content (AvgIpc) is 2.27. The third-order valence-electron chi connectivity index (χ3n) is 3.19. The predicted molar refractivity (Wildman–Crippen MR) is 74.8 cm³/mol. The van der Waals surface area contributed by atoms with Gasteiger partial charge in [-0.2, -0.15) is 0 Å². The first kappa shape index (κ1) is 17.9. The number of carboxylic acids is 1. The van der Waals surface area contributed by atoms with Gasteiger partial charge < -0.3 is 16.2 Å². The van der Waals surface area contributed by atoms with Crippen LogP contribution in [0.3, 0.4) is 0 Å². The number of hydrogen-bond acceptors (Lipinski definition) is 4. The molecule has 2 atom stereocenters. The zero-order valence-electron chi connectivity index (χ0n) is 12.3. The van der Waals surface area contributed by atoms with Crippen molar-refractivity contribution < 1.29 is 14.7 Å². The molecule has 0 aliphatic heterocycles. The molecule has 0 aliphatic rings. The van der Waals surface area contributed by atoms with Crippen LogP contribution in [-0.2, 0) is 9.59 Å². The molecule has 0 aromatic carbocycles. The minimum absolute atomic E-state index is 0.108. The average molecular weight is 273 g/mol. The number of unbranched alkanes of at least 4 members (excludes halogenated alkanes) is 1. The molecule has 0 saturated heterocycles. The quantitative estimate of drug-likeness (QED) is 0.433. The van der Waals surface area contributed by atoms with Crippen molar-refractivity contribution in [2.45, 2.75) is 64.1 Å². The fourth-order valence-electron chi connectivity index (χ4n) is 2.13. The second kappa shape index (κ2) is 8.12. The molecule has 0 fully saturated rings. The zero-order chi connectivity index (χ0) is 15.1. The van der Waals surface area contributed by atoms with E-state index in [0.717, 1.165) is 12.8 Å². The third kappa shape index (κ3) is 6.54. The second-order valence-electron chi connectivity index (χ2n) is 5.43. The van der Waals surface area contributed by atoms with Crippen molar-refractivity contribution in [3.8, 4) is 0 Å². The Morgan fingerprint density at radius 2 is 1.89 bits per heavy atom. The fraction of sp³-hybridized carbons (Fsp3) is 0.846. The Balaban J connectivity index is 4.21. The van der Waals surface area contributed by atoms with Crippen molar-refractivity contribution in [3.63, 3.8) is 0 Å². The summed E-state index contributed by atoms with van der Waals surface area (Å²) >= 11 is 0. The molecule has 0 bridgehead atoms. The Morgan fingerprint density at radius 3 is 2.26 bits per heavy atom. The number of likely N-dealkylation sites (N-methyl/N-ethyl adjacent to an activating group) is 1. The van der Waals surface area contributed by atoms with Crippen LogP contribution < -0.4 is 16.4 Å². The number of hydrogen-bond donors (Lipinski definition) is 4. The van der Waals surface area contributed by atoms with E-state index in [1.807, 2.05) is 13.8 Å². The lowest BCUT2D eigenvalue weighted by atomic mass is 9.93. The molecule has 0 saturated carbocycles. The SMILES string of the molecule is CNC(CCCCC(C)(NC(C)C)C(=O)O)C(N)=O. The van der Waals surface area contributed by atoms with E-state index >= 15 is 0 Å². The van der Waals surface area contributed by atoms with Crippen molar-refractivity contribution in [3.05, 3.63) is 0 Å². The fourth-order valence-corrected chi connectivity index (χ4v) is 2.13. The van der Waals surface area contributed by atoms with Gasteiger partial charge in [0, 0.05) is 6.04 Å². The number of aliphatic carboxylic acids is 1. The minimum atomic E-state index is -0.921. The van der Waals surface area contributed by atoms with Crippen LogP contribution >= 0.6 is 0 Å². The first-order chi connectivity index (χ1) is 8.73. The molecule has 2 unspecified atom stereocenters. The highest BCUT2D eigenvalue weighted by molar-refractivity contribution is 5.79. The molecule has 6 heteroatoms. The molecular weight excluding hydrogens is 246 g/mol. The summed E-state index contributed by atoms with van der Waals surface area (Å²) in [4.78, 5) is 22.3. The summed E-state index contributed by atoms with van der Waals surface area (Å²) in [5.41, 5.74) is 4.30. The Hall–Kier alpha value is -1.14. The van der Waals surface area contributed by atoms with Crippen LogP contribution in [0.15, 0.2) is 0 Å². The molecular formula is C13H27N3O3. The maximum Gasteiger partial charge on any atom is 0.323 e. The standard InChI is InChI=1S/C13H27N3O3/c1-9(2)16-13(3,12(18)19)8-6-5-7-10(15-4)11(14)17/h9-10,15-16H,5-8H2,1-4H3,(H2,14,17)(H,18,19). The molecule has 0 radical (unpaired) electrons. The van der Waals surface area contributed by atoms with Crippen molar-refractivity contribution >= 4 is 11.9 Å². The summed E-state index contributed by atoms with van der Waals surface area (Å²) in [5, 5.41) is 15.2. The summed E-state index contributed by atoms with van der Waals surface area (Å²) in [6.45, 7) is 5.54. The van der Waals surface area contributed by atoms with E-state index in [2.05, 4.69) is 10.6 Å². The molecule has 0 aromatic rings. The Morgan fingerprint density at radius 1 is 1.32 bits per heavy atom. The van der Waals surface area contributed by atoms with Crippen molar-refractivity contribution in [2.75, 3.05) is 7.05 Å². The molecule has 0 aromatic heterocycles. The summed E-state index contributed by atoms with van der Waals surface area (Å²) < 4.78 is 0.